The standard InChI is InChI=1S/C18H12Br2Cl2N2/c19-15-5-1-3-13(11-15)17(21)7-9-23-24-10-8-18(22)14-4-2-6-16(20)12-14/h1-12H/b17-7-,18-8-,23-9+,24-10+. The van der Waals surface area contributed by atoms with E-state index in [1.54, 1.807) is 12.2 Å². The largest absolute Gasteiger partial charge is 0.159 e. The van der Waals surface area contributed by atoms with Crippen molar-refractivity contribution in [1.82, 2.24) is 0 Å². The lowest BCUT2D eigenvalue weighted by atomic mass is 10.2. The van der Waals surface area contributed by atoms with Crippen LogP contribution in [0.25, 0.3) is 10.1 Å². The first-order valence-electron chi connectivity index (χ1n) is 6.86. The van der Waals surface area contributed by atoms with Crippen molar-refractivity contribution in [3.8, 4) is 0 Å². The number of allylic oxidation sites excluding steroid dienone is 2. The molecule has 0 aliphatic heterocycles. The van der Waals surface area contributed by atoms with E-state index in [0.29, 0.717) is 10.1 Å². The van der Waals surface area contributed by atoms with E-state index in [1.807, 2.05) is 48.5 Å². The van der Waals surface area contributed by atoms with E-state index in [-0.39, 0.29) is 0 Å². The molecular formula is C18H12Br2Cl2N2. The Bertz CT molecular complexity index is 758. The highest BCUT2D eigenvalue weighted by atomic mass is 79.9. The Balaban J connectivity index is 1.97. The maximum absolute atomic E-state index is 6.20. The summed E-state index contributed by atoms with van der Waals surface area (Å²) in [5.41, 5.74) is 1.80. The van der Waals surface area contributed by atoms with E-state index >= 15 is 0 Å². The van der Waals surface area contributed by atoms with Gasteiger partial charge in [-0.15, -0.1) is 0 Å². The summed E-state index contributed by atoms with van der Waals surface area (Å²) in [5.74, 6) is 0. The molecule has 0 amide bonds. The Morgan fingerprint density at radius 1 is 0.750 bits per heavy atom. The molecule has 0 bridgehead atoms. The summed E-state index contributed by atoms with van der Waals surface area (Å²) in [5, 5.41) is 8.97. The average molecular weight is 487 g/mol. The molecule has 0 aliphatic carbocycles. The zero-order valence-electron chi connectivity index (χ0n) is 12.3. The Kier molecular flexibility index (Phi) is 7.92. The summed E-state index contributed by atoms with van der Waals surface area (Å²) in [6, 6.07) is 15.4. The van der Waals surface area contributed by atoms with E-state index in [4.69, 9.17) is 23.2 Å². The summed E-state index contributed by atoms with van der Waals surface area (Å²) in [6.07, 6.45) is 6.42. The molecule has 0 aliphatic rings. The maximum Gasteiger partial charge on any atom is 0.0510 e. The van der Waals surface area contributed by atoms with E-state index in [9.17, 15) is 0 Å². The predicted molar refractivity (Wildman–Crippen MR) is 113 cm³/mol. The number of nitrogens with zero attached hydrogens (tertiary/aromatic N) is 2. The third-order valence-corrected chi connectivity index (χ3v) is 4.52. The number of rotatable bonds is 5. The van der Waals surface area contributed by atoms with Gasteiger partial charge in [0.25, 0.3) is 0 Å². The van der Waals surface area contributed by atoms with Crippen molar-refractivity contribution >= 4 is 77.6 Å². The van der Waals surface area contributed by atoms with Gasteiger partial charge in [-0.2, -0.15) is 10.2 Å². The molecule has 2 aromatic carbocycles. The first-order chi connectivity index (χ1) is 11.6. The second-order valence-corrected chi connectivity index (χ2v) is 7.22. The van der Waals surface area contributed by atoms with Gasteiger partial charge in [0.2, 0.25) is 0 Å². The molecule has 0 saturated carbocycles. The Hall–Kier alpha value is -1.20. The molecule has 0 atom stereocenters. The number of halogens is 4. The molecule has 0 N–H and O–H groups in total. The van der Waals surface area contributed by atoms with Crippen molar-refractivity contribution in [3.05, 3.63) is 80.8 Å². The van der Waals surface area contributed by atoms with Crippen molar-refractivity contribution in [3.63, 3.8) is 0 Å². The van der Waals surface area contributed by atoms with Crippen molar-refractivity contribution in [2.45, 2.75) is 0 Å². The van der Waals surface area contributed by atoms with E-state index in [2.05, 4.69) is 42.1 Å². The topological polar surface area (TPSA) is 24.7 Å². The van der Waals surface area contributed by atoms with Crippen LogP contribution in [0.1, 0.15) is 11.1 Å². The quantitative estimate of drug-likeness (QED) is 0.317. The molecule has 0 radical (unpaired) electrons. The molecular weight excluding hydrogens is 475 g/mol. The van der Waals surface area contributed by atoms with Gasteiger partial charge in [-0.1, -0.05) is 79.3 Å². The lowest BCUT2D eigenvalue weighted by Crippen LogP contribution is -1.78. The Morgan fingerprint density at radius 2 is 1.17 bits per heavy atom. The minimum absolute atomic E-state index is 0.581. The number of hydrogen-bond acceptors (Lipinski definition) is 2. The van der Waals surface area contributed by atoms with Crippen LogP contribution in [0.15, 0.2) is 79.8 Å². The van der Waals surface area contributed by atoms with Crippen LogP contribution in [0, 0.1) is 0 Å². The van der Waals surface area contributed by atoms with E-state index in [1.165, 1.54) is 12.4 Å². The fraction of sp³-hybridized carbons (Fsp3) is 0. The highest BCUT2D eigenvalue weighted by Crippen LogP contribution is 2.22. The summed E-state index contributed by atoms with van der Waals surface area (Å²) in [4.78, 5) is 0. The van der Waals surface area contributed by atoms with Crippen LogP contribution in [0.4, 0.5) is 0 Å². The zero-order valence-corrected chi connectivity index (χ0v) is 17.0. The lowest BCUT2D eigenvalue weighted by Gasteiger charge is -1.98. The predicted octanol–water partition coefficient (Wildman–Crippen LogP) is 7.13. The molecule has 0 saturated heterocycles. The van der Waals surface area contributed by atoms with Crippen LogP contribution in [0.5, 0.6) is 0 Å². The molecule has 0 heterocycles. The third-order valence-electron chi connectivity index (χ3n) is 2.84. The molecule has 6 heteroatoms. The number of hydrogen-bond donors (Lipinski definition) is 0. The molecule has 0 fully saturated rings. The van der Waals surface area contributed by atoms with Crippen molar-refractivity contribution in [2.75, 3.05) is 0 Å². The van der Waals surface area contributed by atoms with Gasteiger partial charge in [0.05, 0.1) is 12.4 Å². The highest BCUT2D eigenvalue weighted by molar-refractivity contribution is 9.10. The highest BCUT2D eigenvalue weighted by Gasteiger charge is 1.97. The SMILES string of the molecule is Cl\C(=C/C=N/N=C/C=C(\Cl)c1cccc(Br)c1)c1cccc(Br)c1. The van der Waals surface area contributed by atoms with Crippen LogP contribution >= 0.6 is 55.1 Å². The zero-order chi connectivity index (χ0) is 17.4. The Morgan fingerprint density at radius 3 is 1.54 bits per heavy atom. The van der Waals surface area contributed by atoms with Crippen LogP contribution < -0.4 is 0 Å². The molecule has 122 valence electrons. The molecule has 2 aromatic rings. The van der Waals surface area contributed by atoms with Crippen molar-refractivity contribution < 1.29 is 0 Å². The molecule has 2 rings (SSSR count). The second kappa shape index (κ2) is 9.94. The Labute approximate surface area is 167 Å². The van der Waals surface area contributed by atoms with E-state index in [0.717, 1.165) is 20.1 Å². The second-order valence-electron chi connectivity index (χ2n) is 4.58. The van der Waals surface area contributed by atoms with E-state index < -0.39 is 0 Å². The van der Waals surface area contributed by atoms with Crippen LogP contribution in [0.3, 0.4) is 0 Å². The summed E-state index contributed by atoms with van der Waals surface area (Å²) in [6.45, 7) is 0. The smallest absolute Gasteiger partial charge is 0.0510 e. The monoisotopic (exact) mass is 484 g/mol. The third kappa shape index (κ3) is 6.36. The molecule has 0 aromatic heterocycles. The van der Waals surface area contributed by atoms with Gasteiger partial charge in [-0.05, 0) is 47.5 Å². The summed E-state index contributed by atoms with van der Waals surface area (Å²) in [7, 11) is 0. The fourth-order valence-electron chi connectivity index (χ4n) is 1.74. The van der Waals surface area contributed by atoms with Crippen molar-refractivity contribution in [1.29, 1.82) is 0 Å². The van der Waals surface area contributed by atoms with Crippen LogP contribution in [-0.4, -0.2) is 12.4 Å². The first-order valence-corrected chi connectivity index (χ1v) is 9.20. The number of benzene rings is 2. The molecule has 0 spiro atoms. The lowest BCUT2D eigenvalue weighted by molar-refractivity contribution is 1.27. The van der Waals surface area contributed by atoms with Crippen LogP contribution in [-0.2, 0) is 0 Å². The van der Waals surface area contributed by atoms with Crippen LogP contribution in [0.2, 0.25) is 0 Å². The van der Waals surface area contributed by atoms with Gasteiger partial charge in [-0.25, -0.2) is 0 Å². The first kappa shape index (κ1) is 19.1. The minimum Gasteiger partial charge on any atom is -0.159 e. The molecule has 0 unspecified atom stereocenters. The summed E-state index contributed by atoms with van der Waals surface area (Å²) < 4.78 is 1.93. The van der Waals surface area contributed by atoms with Gasteiger partial charge in [-0.3, -0.25) is 0 Å². The maximum atomic E-state index is 6.20. The van der Waals surface area contributed by atoms with Gasteiger partial charge >= 0.3 is 0 Å². The minimum atomic E-state index is 0.581. The van der Waals surface area contributed by atoms with Gasteiger partial charge < -0.3 is 0 Å². The normalized spacial score (nSPS) is 13.2. The fourth-order valence-corrected chi connectivity index (χ4v) is 2.89. The van der Waals surface area contributed by atoms with Gasteiger partial charge in [0.15, 0.2) is 0 Å². The van der Waals surface area contributed by atoms with Gasteiger partial charge in [0, 0.05) is 19.0 Å². The molecule has 2 nitrogen and oxygen atoms in total. The van der Waals surface area contributed by atoms with Crippen molar-refractivity contribution in [2.24, 2.45) is 10.2 Å². The molecule has 24 heavy (non-hydrogen) atoms. The van der Waals surface area contributed by atoms with Gasteiger partial charge in [0.1, 0.15) is 0 Å². The summed E-state index contributed by atoms with van der Waals surface area (Å²) >= 11 is 19.2. The average Bonchev–Trinajstić information content (AvgIpc) is 2.57.